The van der Waals surface area contributed by atoms with Gasteiger partial charge in [-0.3, -0.25) is 0 Å². The summed E-state index contributed by atoms with van der Waals surface area (Å²) in [4.78, 5) is 0. The predicted octanol–water partition coefficient (Wildman–Crippen LogP) is 4.71. The monoisotopic (exact) mass is 259 g/mol. The second-order valence-electron chi connectivity index (χ2n) is 7.35. The van der Waals surface area contributed by atoms with E-state index in [2.05, 4.69) is 65.1 Å². The predicted molar refractivity (Wildman–Crippen MR) is 83.8 cm³/mol. The van der Waals surface area contributed by atoms with Crippen LogP contribution < -0.4 is 5.32 Å². The topological polar surface area (TPSA) is 12.0 Å². The lowest BCUT2D eigenvalue weighted by atomic mass is 9.63. The standard InChI is InChI=1S/C18H29N/c1-7-19-13(2)14-8-9-15-16(12-14)18(5,6)11-10-17(15,3)4/h8-9,12-13,19H,7,10-11H2,1-6H3/t13-/m0/s1. The number of fused-ring (bicyclic) bond motifs is 1. The van der Waals surface area contributed by atoms with E-state index >= 15 is 0 Å². The van der Waals surface area contributed by atoms with Gasteiger partial charge < -0.3 is 5.32 Å². The van der Waals surface area contributed by atoms with E-state index < -0.39 is 0 Å². The number of hydrogen-bond donors (Lipinski definition) is 1. The van der Waals surface area contributed by atoms with Crippen molar-refractivity contribution in [3.63, 3.8) is 0 Å². The van der Waals surface area contributed by atoms with Gasteiger partial charge in [0, 0.05) is 6.04 Å². The van der Waals surface area contributed by atoms with Gasteiger partial charge in [0.25, 0.3) is 0 Å². The molecule has 0 heterocycles. The average Bonchev–Trinajstić information content (AvgIpc) is 2.35. The van der Waals surface area contributed by atoms with Crippen molar-refractivity contribution in [3.8, 4) is 0 Å². The lowest BCUT2D eigenvalue weighted by molar-refractivity contribution is 0.331. The van der Waals surface area contributed by atoms with Crippen LogP contribution in [-0.2, 0) is 10.8 Å². The van der Waals surface area contributed by atoms with Crippen molar-refractivity contribution < 1.29 is 0 Å². The molecule has 1 aliphatic rings. The lowest BCUT2D eigenvalue weighted by Crippen LogP contribution is -2.34. The molecule has 1 nitrogen and oxygen atoms in total. The van der Waals surface area contributed by atoms with E-state index in [1.54, 1.807) is 11.1 Å². The Bertz CT molecular complexity index is 457. The smallest absolute Gasteiger partial charge is 0.0291 e. The zero-order chi connectivity index (χ0) is 14.3. The van der Waals surface area contributed by atoms with E-state index in [4.69, 9.17) is 0 Å². The quantitative estimate of drug-likeness (QED) is 0.829. The summed E-state index contributed by atoms with van der Waals surface area (Å²) < 4.78 is 0. The summed E-state index contributed by atoms with van der Waals surface area (Å²) in [6.45, 7) is 15.0. The molecule has 0 radical (unpaired) electrons. The van der Waals surface area contributed by atoms with Gasteiger partial charge >= 0.3 is 0 Å². The summed E-state index contributed by atoms with van der Waals surface area (Å²) in [6, 6.07) is 7.58. The summed E-state index contributed by atoms with van der Waals surface area (Å²) >= 11 is 0. The third-order valence-corrected chi connectivity index (χ3v) is 4.89. The van der Waals surface area contributed by atoms with Gasteiger partial charge in [0.05, 0.1) is 0 Å². The normalized spacial score (nSPS) is 21.8. The van der Waals surface area contributed by atoms with Gasteiger partial charge in [0.1, 0.15) is 0 Å². The van der Waals surface area contributed by atoms with E-state index in [9.17, 15) is 0 Å². The Hall–Kier alpha value is -0.820. The molecule has 0 aromatic heterocycles. The fourth-order valence-electron chi connectivity index (χ4n) is 3.30. The molecule has 1 heteroatoms. The van der Waals surface area contributed by atoms with Crippen LogP contribution in [0.4, 0.5) is 0 Å². The van der Waals surface area contributed by atoms with Gasteiger partial charge in [-0.1, -0.05) is 52.8 Å². The SMILES string of the molecule is CCN[C@@H](C)c1ccc2c(c1)C(C)(C)CCC2(C)C. The Balaban J connectivity index is 2.47. The molecule has 0 fully saturated rings. The maximum Gasteiger partial charge on any atom is 0.0291 e. The first-order valence-electron chi connectivity index (χ1n) is 7.66. The van der Waals surface area contributed by atoms with Crippen molar-refractivity contribution in [1.29, 1.82) is 0 Å². The second-order valence-corrected chi connectivity index (χ2v) is 7.35. The van der Waals surface area contributed by atoms with E-state index in [0.717, 1.165) is 6.54 Å². The van der Waals surface area contributed by atoms with Crippen molar-refractivity contribution in [2.45, 2.75) is 71.3 Å². The molecule has 0 amide bonds. The zero-order valence-corrected chi connectivity index (χ0v) is 13.4. The van der Waals surface area contributed by atoms with E-state index in [1.165, 1.54) is 18.4 Å². The van der Waals surface area contributed by atoms with Gasteiger partial charge in [-0.15, -0.1) is 0 Å². The van der Waals surface area contributed by atoms with Crippen LogP contribution in [0.3, 0.4) is 0 Å². The van der Waals surface area contributed by atoms with Crippen LogP contribution in [-0.4, -0.2) is 6.54 Å². The molecule has 0 bridgehead atoms. The van der Waals surface area contributed by atoms with E-state index in [-0.39, 0.29) is 0 Å². The number of rotatable bonds is 3. The minimum Gasteiger partial charge on any atom is -0.310 e. The third-order valence-electron chi connectivity index (χ3n) is 4.89. The minimum absolute atomic E-state index is 0.312. The van der Waals surface area contributed by atoms with Gasteiger partial charge in [-0.2, -0.15) is 0 Å². The Morgan fingerprint density at radius 2 is 1.63 bits per heavy atom. The highest BCUT2D eigenvalue weighted by molar-refractivity contribution is 5.44. The minimum atomic E-state index is 0.312. The molecule has 1 N–H and O–H groups in total. The molecule has 0 aliphatic heterocycles. The Labute approximate surface area is 118 Å². The van der Waals surface area contributed by atoms with Crippen molar-refractivity contribution in [1.82, 2.24) is 5.32 Å². The third kappa shape index (κ3) is 2.72. The molecule has 19 heavy (non-hydrogen) atoms. The molecular formula is C18H29N. The lowest BCUT2D eigenvalue weighted by Gasteiger charge is -2.42. The van der Waals surface area contributed by atoms with Gasteiger partial charge in [-0.05, 0) is 53.8 Å². The van der Waals surface area contributed by atoms with Gasteiger partial charge in [0.15, 0.2) is 0 Å². The first-order chi connectivity index (χ1) is 8.78. The molecule has 0 saturated heterocycles. The molecule has 1 aliphatic carbocycles. The van der Waals surface area contributed by atoms with Crippen LogP contribution in [0.2, 0.25) is 0 Å². The van der Waals surface area contributed by atoms with Crippen LogP contribution in [0.15, 0.2) is 18.2 Å². The summed E-state index contributed by atoms with van der Waals surface area (Å²) in [5, 5.41) is 3.52. The number of nitrogens with one attached hydrogen (secondary N) is 1. The Morgan fingerprint density at radius 3 is 2.21 bits per heavy atom. The molecule has 106 valence electrons. The van der Waals surface area contributed by atoms with Crippen molar-refractivity contribution >= 4 is 0 Å². The first kappa shape index (κ1) is 14.6. The summed E-state index contributed by atoms with van der Waals surface area (Å²) in [5.41, 5.74) is 5.17. The molecular weight excluding hydrogens is 230 g/mol. The summed E-state index contributed by atoms with van der Waals surface area (Å²) in [5.74, 6) is 0. The maximum absolute atomic E-state index is 3.52. The molecule has 1 aromatic carbocycles. The fraction of sp³-hybridized carbons (Fsp3) is 0.667. The van der Waals surface area contributed by atoms with Gasteiger partial charge in [0.2, 0.25) is 0 Å². The molecule has 0 spiro atoms. The van der Waals surface area contributed by atoms with Gasteiger partial charge in [-0.25, -0.2) is 0 Å². The maximum atomic E-state index is 3.52. The number of hydrogen-bond acceptors (Lipinski definition) is 1. The number of benzene rings is 1. The molecule has 2 rings (SSSR count). The van der Waals surface area contributed by atoms with Crippen LogP contribution in [0.25, 0.3) is 0 Å². The molecule has 1 aromatic rings. The van der Waals surface area contributed by atoms with E-state index in [1.807, 2.05) is 0 Å². The van der Waals surface area contributed by atoms with Crippen LogP contribution >= 0.6 is 0 Å². The van der Waals surface area contributed by atoms with Crippen LogP contribution in [0.1, 0.15) is 77.1 Å². The van der Waals surface area contributed by atoms with Crippen molar-refractivity contribution in [2.24, 2.45) is 0 Å². The summed E-state index contributed by atoms with van der Waals surface area (Å²) in [6.07, 6.45) is 2.57. The van der Waals surface area contributed by atoms with Crippen molar-refractivity contribution in [2.75, 3.05) is 6.54 Å². The van der Waals surface area contributed by atoms with Crippen LogP contribution in [0.5, 0.6) is 0 Å². The Kier molecular flexibility index (Phi) is 3.79. The Morgan fingerprint density at radius 1 is 1.05 bits per heavy atom. The fourth-order valence-corrected chi connectivity index (χ4v) is 3.30. The molecule has 0 unspecified atom stereocenters. The first-order valence-corrected chi connectivity index (χ1v) is 7.66. The van der Waals surface area contributed by atoms with Crippen molar-refractivity contribution in [3.05, 3.63) is 34.9 Å². The molecule has 1 atom stereocenters. The summed E-state index contributed by atoms with van der Waals surface area (Å²) in [7, 11) is 0. The van der Waals surface area contributed by atoms with Crippen LogP contribution in [0, 0.1) is 0 Å². The highest BCUT2D eigenvalue weighted by Crippen LogP contribution is 2.46. The highest BCUT2D eigenvalue weighted by Gasteiger charge is 2.37. The zero-order valence-electron chi connectivity index (χ0n) is 13.4. The largest absolute Gasteiger partial charge is 0.310 e. The van der Waals surface area contributed by atoms with E-state index in [0.29, 0.717) is 16.9 Å². The average molecular weight is 259 g/mol. The molecule has 0 saturated carbocycles. The highest BCUT2D eigenvalue weighted by atomic mass is 14.9. The second kappa shape index (κ2) is 4.94.